The second-order valence-electron chi connectivity index (χ2n) is 3.21. The zero-order valence-corrected chi connectivity index (χ0v) is 8.90. The van der Waals surface area contributed by atoms with Crippen LogP contribution in [-0.4, -0.2) is 23.2 Å². The normalized spacial score (nSPS) is 16.2. The van der Waals surface area contributed by atoms with E-state index in [9.17, 15) is 0 Å². The smallest absolute Gasteiger partial charge is 0.187 e. The maximum absolute atomic E-state index is 8.94. The Labute approximate surface area is 86.0 Å². The molecule has 1 heterocycles. The number of halogens is 1. The van der Waals surface area contributed by atoms with Gasteiger partial charge in [-0.05, 0) is 12.8 Å². The summed E-state index contributed by atoms with van der Waals surface area (Å²) < 4.78 is 0. The van der Waals surface area contributed by atoms with Crippen LogP contribution in [0.1, 0.15) is 17.7 Å². The summed E-state index contributed by atoms with van der Waals surface area (Å²) in [6.07, 6.45) is 2.48. The minimum absolute atomic E-state index is 0.0188. The lowest BCUT2D eigenvalue weighted by atomic mass is 10.6. The van der Waals surface area contributed by atoms with E-state index in [1.54, 1.807) is 0 Å². The number of hydrogen-bond donors (Lipinski definition) is 1. The molecular weight excluding hydrogens is 208 g/mol. The SMILES string of the molecule is CN(c1nc(Cl)c(CO)s1)C1CC1. The first-order chi connectivity index (χ1) is 6.22. The Kier molecular flexibility index (Phi) is 2.45. The second kappa shape index (κ2) is 3.44. The van der Waals surface area contributed by atoms with E-state index in [1.165, 1.54) is 24.2 Å². The number of anilines is 1. The topological polar surface area (TPSA) is 36.4 Å². The average Bonchev–Trinajstić information content (AvgIpc) is 2.89. The van der Waals surface area contributed by atoms with Crippen molar-refractivity contribution in [3.63, 3.8) is 0 Å². The Balaban J connectivity index is 2.19. The van der Waals surface area contributed by atoms with Crippen LogP contribution in [0.5, 0.6) is 0 Å². The highest BCUT2D eigenvalue weighted by molar-refractivity contribution is 7.16. The standard InChI is InChI=1S/C8H11ClN2OS/c1-11(5-2-3-5)8-10-7(9)6(4-12)13-8/h5,12H,2-4H2,1H3. The molecule has 0 radical (unpaired) electrons. The maximum atomic E-state index is 8.94. The van der Waals surface area contributed by atoms with Crippen molar-refractivity contribution >= 4 is 28.1 Å². The van der Waals surface area contributed by atoms with Gasteiger partial charge in [0.1, 0.15) is 5.15 Å². The van der Waals surface area contributed by atoms with E-state index < -0.39 is 0 Å². The number of aliphatic hydroxyl groups is 1. The van der Waals surface area contributed by atoms with Crippen molar-refractivity contribution in [1.82, 2.24) is 4.98 Å². The van der Waals surface area contributed by atoms with Gasteiger partial charge >= 0.3 is 0 Å². The van der Waals surface area contributed by atoms with Gasteiger partial charge in [-0.15, -0.1) is 0 Å². The Morgan fingerprint density at radius 3 is 2.85 bits per heavy atom. The van der Waals surface area contributed by atoms with Crippen LogP contribution in [0.3, 0.4) is 0 Å². The summed E-state index contributed by atoms with van der Waals surface area (Å²) in [5.74, 6) is 0. The largest absolute Gasteiger partial charge is 0.391 e. The number of hydrogen-bond acceptors (Lipinski definition) is 4. The van der Waals surface area contributed by atoms with Crippen molar-refractivity contribution in [3.05, 3.63) is 10.0 Å². The van der Waals surface area contributed by atoms with Gasteiger partial charge in [0.2, 0.25) is 0 Å². The fraction of sp³-hybridized carbons (Fsp3) is 0.625. The summed E-state index contributed by atoms with van der Waals surface area (Å²) in [6.45, 7) is -0.0188. The van der Waals surface area contributed by atoms with Gasteiger partial charge in [-0.2, -0.15) is 0 Å². The van der Waals surface area contributed by atoms with Gasteiger partial charge in [-0.1, -0.05) is 22.9 Å². The summed E-state index contributed by atoms with van der Waals surface area (Å²) in [6, 6.07) is 0.633. The molecular formula is C8H11ClN2OS. The summed E-state index contributed by atoms with van der Waals surface area (Å²) in [5, 5.41) is 10.3. The highest BCUT2D eigenvalue weighted by atomic mass is 35.5. The summed E-state index contributed by atoms with van der Waals surface area (Å²) in [5.41, 5.74) is 0. The van der Waals surface area contributed by atoms with Crippen LogP contribution < -0.4 is 4.90 Å². The quantitative estimate of drug-likeness (QED) is 0.842. The molecule has 3 nitrogen and oxygen atoms in total. The Bertz CT molecular complexity index is 311. The molecule has 1 aromatic rings. The molecule has 13 heavy (non-hydrogen) atoms. The molecule has 2 rings (SSSR count). The predicted molar refractivity (Wildman–Crippen MR) is 54.5 cm³/mol. The van der Waals surface area contributed by atoms with Gasteiger partial charge in [-0.3, -0.25) is 0 Å². The second-order valence-corrected chi connectivity index (χ2v) is 4.63. The van der Waals surface area contributed by atoms with Crippen molar-refractivity contribution < 1.29 is 5.11 Å². The molecule has 0 amide bonds. The number of aliphatic hydroxyl groups excluding tert-OH is 1. The Morgan fingerprint density at radius 1 is 1.69 bits per heavy atom. The summed E-state index contributed by atoms with van der Waals surface area (Å²) in [4.78, 5) is 7.08. The van der Waals surface area contributed by atoms with Crippen molar-refractivity contribution in [1.29, 1.82) is 0 Å². The predicted octanol–water partition coefficient (Wildman–Crippen LogP) is 1.89. The highest BCUT2D eigenvalue weighted by Crippen LogP contribution is 2.35. The maximum Gasteiger partial charge on any atom is 0.187 e. The first-order valence-electron chi connectivity index (χ1n) is 4.21. The molecule has 1 aromatic heterocycles. The van der Waals surface area contributed by atoms with E-state index in [0.717, 1.165) is 10.0 Å². The third-order valence-electron chi connectivity index (χ3n) is 2.18. The molecule has 0 saturated heterocycles. The lowest BCUT2D eigenvalue weighted by Gasteiger charge is -2.13. The number of thiazole rings is 1. The van der Waals surface area contributed by atoms with Crippen molar-refractivity contribution in [2.24, 2.45) is 0 Å². The first kappa shape index (κ1) is 9.24. The molecule has 0 aliphatic heterocycles. The van der Waals surface area contributed by atoms with Crippen LogP contribution in [0, 0.1) is 0 Å². The molecule has 1 aliphatic carbocycles. The summed E-state index contributed by atoms with van der Waals surface area (Å²) in [7, 11) is 2.02. The van der Waals surface area contributed by atoms with E-state index >= 15 is 0 Å². The third-order valence-corrected chi connectivity index (χ3v) is 3.73. The van der Waals surface area contributed by atoms with Gasteiger partial charge in [0.15, 0.2) is 5.13 Å². The summed E-state index contributed by atoms with van der Waals surface area (Å²) >= 11 is 7.30. The van der Waals surface area contributed by atoms with Crippen LogP contribution in [0.15, 0.2) is 0 Å². The Hall–Kier alpha value is -0.320. The molecule has 5 heteroatoms. The van der Waals surface area contributed by atoms with Crippen LogP contribution in [-0.2, 0) is 6.61 Å². The molecule has 1 aliphatic rings. The van der Waals surface area contributed by atoms with Crippen LogP contribution >= 0.6 is 22.9 Å². The molecule has 0 bridgehead atoms. The van der Waals surface area contributed by atoms with Crippen molar-refractivity contribution in [2.45, 2.75) is 25.5 Å². The lowest BCUT2D eigenvalue weighted by Crippen LogP contribution is -2.18. The third kappa shape index (κ3) is 1.80. The monoisotopic (exact) mass is 218 g/mol. The van der Waals surface area contributed by atoms with E-state index in [0.29, 0.717) is 11.2 Å². The molecule has 72 valence electrons. The van der Waals surface area contributed by atoms with Crippen LogP contribution in [0.25, 0.3) is 0 Å². The molecule has 0 aromatic carbocycles. The Morgan fingerprint density at radius 2 is 2.38 bits per heavy atom. The molecule has 1 N–H and O–H groups in total. The first-order valence-corrected chi connectivity index (χ1v) is 5.40. The zero-order valence-electron chi connectivity index (χ0n) is 7.33. The van der Waals surface area contributed by atoms with Gasteiger partial charge in [-0.25, -0.2) is 4.98 Å². The van der Waals surface area contributed by atoms with Crippen LogP contribution in [0.4, 0.5) is 5.13 Å². The number of rotatable bonds is 3. The number of nitrogens with zero attached hydrogens (tertiary/aromatic N) is 2. The van der Waals surface area contributed by atoms with Gasteiger partial charge < -0.3 is 10.0 Å². The molecule has 1 saturated carbocycles. The van der Waals surface area contributed by atoms with Crippen molar-refractivity contribution in [3.8, 4) is 0 Å². The number of aromatic nitrogens is 1. The van der Waals surface area contributed by atoms with Gasteiger partial charge in [0.25, 0.3) is 0 Å². The zero-order chi connectivity index (χ0) is 9.42. The molecule has 0 spiro atoms. The van der Waals surface area contributed by atoms with Gasteiger partial charge in [0.05, 0.1) is 11.5 Å². The van der Waals surface area contributed by atoms with E-state index in [2.05, 4.69) is 9.88 Å². The average molecular weight is 219 g/mol. The van der Waals surface area contributed by atoms with E-state index in [-0.39, 0.29) is 6.61 Å². The molecule has 1 fully saturated rings. The van der Waals surface area contributed by atoms with Gasteiger partial charge in [0, 0.05) is 13.1 Å². The molecule has 0 atom stereocenters. The minimum Gasteiger partial charge on any atom is -0.391 e. The highest BCUT2D eigenvalue weighted by Gasteiger charge is 2.28. The van der Waals surface area contributed by atoms with E-state index in [4.69, 9.17) is 16.7 Å². The fourth-order valence-electron chi connectivity index (χ4n) is 1.19. The van der Waals surface area contributed by atoms with E-state index in [1.807, 2.05) is 7.05 Å². The fourth-order valence-corrected chi connectivity index (χ4v) is 2.34. The lowest BCUT2D eigenvalue weighted by molar-refractivity contribution is 0.285. The van der Waals surface area contributed by atoms with Crippen molar-refractivity contribution in [2.75, 3.05) is 11.9 Å². The minimum atomic E-state index is -0.0188. The van der Waals surface area contributed by atoms with Crippen LogP contribution in [0.2, 0.25) is 5.15 Å². The molecule has 0 unspecified atom stereocenters.